The first-order valence-corrected chi connectivity index (χ1v) is 17.7. The van der Waals surface area contributed by atoms with Gasteiger partial charge in [0.05, 0.1) is 22.0 Å². The number of aromatic nitrogens is 1. The Kier molecular flexibility index (Phi) is 12.5. The minimum absolute atomic E-state index is 0.0589. The molecular formula is C31H36F3N3O7S2. The van der Waals surface area contributed by atoms with Gasteiger partial charge < -0.3 is 10.4 Å². The van der Waals surface area contributed by atoms with E-state index in [0.717, 1.165) is 33.1 Å². The van der Waals surface area contributed by atoms with E-state index in [4.69, 9.17) is 5.11 Å². The zero-order chi connectivity index (χ0) is 34.1. The maximum absolute atomic E-state index is 13.9. The molecule has 0 aliphatic carbocycles. The molecule has 15 heteroatoms. The van der Waals surface area contributed by atoms with Crippen LogP contribution in [0, 0.1) is 6.92 Å². The number of pyridine rings is 1. The molecule has 3 rings (SSSR count). The molecule has 1 heterocycles. The van der Waals surface area contributed by atoms with Gasteiger partial charge in [-0.15, -0.1) is 0 Å². The van der Waals surface area contributed by atoms with Crippen LogP contribution in [-0.2, 0) is 35.6 Å². The van der Waals surface area contributed by atoms with Gasteiger partial charge in [-0.3, -0.25) is 14.6 Å². The number of amides is 1. The number of rotatable bonds is 16. The number of halogens is 3. The van der Waals surface area contributed by atoms with E-state index in [9.17, 15) is 39.6 Å². The van der Waals surface area contributed by atoms with Crippen molar-refractivity contribution in [3.63, 3.8) is 0 Å². The summed E-state index contributed by atoms with van der Waals surface area (Å²) in [5.41, 5.74) is 1.68. The number of alkyl halides is 3. The second kappa shape index (κ2) is 15.6. The van der Waals surface area contributed by atoms with E-state index < -0.39 is 60.2 Å². The molecule has 1 amide bonds. The summed E-state index contributed by atoms with van der Waals surface area (Å²) in [7, 11) is -8.35. The van der Waals surface area contributed by atoms with Crippen molar-refractivity contribution in [1.82, 2.24) is 14.6 Å². The number of carboxylic acid groups (broad SMARTS) is 1. The number of aliphatic carboxylic acids is 1. The molecule has 3 aromatic rings. The van der Waals surface area contributed by atoms with Crippen LogP contribution in [-0.4, -0.2) is 67.7 Å². The Morgan fingerprint density at radius 2 is 1.70 bits per heavy atom. The van der Waals surface area contributed by atoms with Crippen molar-refractivity contribution in [2.75, 3.05) is 24.6 Å². The number of hydrogen-bond acceptors (Lipinski definition) is 7. The van der Waals surface area contributed by atoms with Gasteiger partial charge in [0, 0.05) is 44.4 Å². The molecule has 2 aromatic carbocycles. The molecule has 1 aromatic heterocycles. The van der Waals surface area contributed by atoms with Gasteiger partial charge in [0.2, 0.25) is 15.9 Å². The van der Waals surface area contributed by atoms with Crippen molar-refractivity contribution >= 4 is 31.7 Å². The molecule has 0 fully saturated rings. The van der Waals surface area contributed by atoms with Crippen LogP contribution in [0.2, 0.25) is 0 Å². The number of benzene rings is 2. The van der Waals surface area contributed by atoms with Gasteiger partial charge in [-0.2, -0.15) is 17.5 Å². The van der Waals surface area contributed by atoms with Crippen molar-refractivity contribution in [3.8, 4) is 11.1 Å². The number of carbonyl (C=O) groups is 2. The van der Waals surface area contributed by atoms with Crippen LogP contribution in [0.1, 0.15) is 55.3 Å². The summed E-state index contributed by atoms with van der Waals surface area (Å²) in [5, 5.41) is 11.1. The van der Waals surface area contributed by atoms with Crippen molar-refractivity contribution in [2.45, 2.75) is 56.6 Å². The highest BCUT2D eigenvalue weighted by atomic mass is 32.2. The number of nitrogens with one attached hydrogen (secondary N) is 1. The smallest absolute Gasteiger partial charge is 0.417 e. The van der Waals surface area contributed by atoms with Crippen LogP contribution in [0.3, 0.4) is 0 Å². The molecule has 0 saturated heterocycles. The van der Waals surface area contributed by atoms with E-state index in [-0.39, 0.29) is 44.5 Å². The average molecular weight is 684 g/mol. The molecule has 1 atom stereocenters. The molecular weight excluding hydrogens is 647 g/mol. The Morgan fingerprint density at radius 1 is 0.978 bits per heavy atom. The minimum Gasteiger partial charge on any atom is -0.481 e. The van der Waals surface area contributed by atoms with E-state index in [0.29, 0.717) is 11.6 Å². The third kappa shape index (κ3) is 10.1. The summed E-state index contributed by atoms with van der Waals surface area (Å²) < 4.78 is 94.6. The van der Waals surface area contributed by atoms with E-state index in [1.807, 2.05) is 13.0 Å². The van der Waals surface area contributed by atoms with Crippen LogP contribution >= 0.6 is 0 Å². The molecule has 0 saturated carbocycles. The molecule has 46 heavy (non-hydrogen) atoms. The first-order valence-electron chi connectivity index (χ1n) is 14.4. The number of aryl methyl sites for hydroxylation is 1. The fourth-order valence-corrected chi connectivity index (χ4v) is 7.95. The monoisotopic (exact) mass is 683 g/mol. The van der Waals surface area contributed by atoms with Crippen molar-refractivity contribution in [2.24, 2.45) is 0 Å². The highest BCUT2D eigenvalue weighted by molar-refractivity contribution is 7.91. The molecule has 0 bridgehead atoms. The number of carboxylic acids is 1. The lowest BCUT2D eigenvalue weighted by molar-refractivity contribution is -0.140. The van der Waals surface area contributed by atoms with Gasteiger partial charge in [-0.25, -0.2) is 16.8 Å². The average Bonchev–Trinajstić information content (AvgIpc) is 2.98. The number of carbonyl (C=O) groups excluding carboxylic acids is 1. The summed E-state index contributed by atoms with van der Waals surface area (Å²) >= 11 is 0. The van der Waals surface area contributed by atoms with Crippen LogP contribution in [0.15, 0.2) is 71.9 Å². The third-order valence-electron chi connectivity index (χ3n) is 7.27. The Balaban J connectivity index is 1.82. The maximum Gasteiger partial charge on any atom is 0.417 e. The molecule has 0 spiro atoms. The Labute approximate surface area is 266 Å². The summed E-state index contributed by atoms with van der Waals surface area (Å²) in [5.74, 6) is -2.44. The van der Waals surface area contributed by atoms with Crippen LogP contribution in [0.5, 0.6) is 0 Å². The zero-order valence-corrected chi connectivity index (χ0v) is 27.0. The number of sulfone groups is 1. The topological polar surface area (TPSA) is 151 Å². The van der Waals surface area contributed by atoms with E-state index in [2.05, 4.69) is 10.3 Å². The molecule has 0 radical (unpaired) electrons. The summed E-state index contributed by atoms with van der Waals surface area (Å²) in [6, 6.07) is 11.8. The molecule has 0 unspecified atom stereocenters. The van der Waals surface area contributed by atoms with E-state index >= 15 is 0 Å². The first kappa shape index (κ1) is 36.6. The van der Waals surface area contributed by atoms with Crippen LogP contribution in [0.25, 0.3) is 11.1 Å². The summed E-state index contributed by atoms with van der Waals surface area (Å²) in [4.78, 5) is 26.3. The van der Waals surface area contributed by atoms with Gasteiger partial charge in [0.25, 0.3) is 0 Å². The molecule has 10 nitrogen and oxygen atoms in total. The Bertz CT molecular complexity index is 1750. The highest BCUT2D eigenvalue weighted by Gasteiger charge is 2.40. The predicted molar refractivity (Wildman–Crippen MR) is 166 cm³/mol. The molecule has 250 valence electrons. The summed E-state index contributed by atoms with van der Waals surface area (Å²) in [6.45, 7) is 2.88. The van der Waals surface area contributed by atoms with Gasteiger partial charge in [0.1, 0.15) is 0 Å². The lowest BCUT2D eigenvalue weighted by Gasteiger charge is -2.30. The van der Waals surface area contributed by atoms with Crippen molar-refractivity contribution in [3.05, 3.63) is 83.7 Å². The fourth-order valence-electron chi connectivity index (χ4n) is 4.88. The van der Waals surface area contributed by atoms with Crippen molar-refractivity contribution in [1.29, 1.82) is 0 Å². The standard InChI is InChI=1S/C31H36F3N3O7S2/c1-22-21-35-15-14-26(22)25-9-5-8-24(20-25)23(2)37(46(43,44)28-11-4-3-10-27(28)31(32,33)34)17-6-12-29(38)36-16-19-45(41,42)18-7-13-30(39)40/h3-5,8-11,14-15,20-21,23H,6-7,12-13,16-19H2,1-2H3,(H,36,38)(H,39,40)/t23-/m0/s1. The normalized spacial score (nSPS) is 13.0. The summed E-state index contributed by atoms with van der Waals surface area (Å²) in [6.07, 6.45) is -2.31. The highest BCUT2D eigenvalue weighted by Crippen LogP contribution is 2.38. The SMILES string of the molecule is Cc1cnccc1-c1cccc([C@H](C)N(CCCC(=O)NCCS(=O)(=O)CCCC(=O)O)S(=O)(=O)c2ccccc2C(F)(F)F)c1. The van der Waals surface area contributed by atoms with Crippen LogP contribution < -0.4 is 5.32 Å². The lowest BCUT2D eigenvalue weighted by Crippen LogP contribution is -2.36. The molecule has 0 aliphatic heterocycles. The largest absolute Gasteiger partial charge is 0.481 e. The lowest BCUT2D eigenvalue weighted by atomic mass is 9.98. The van der Waals surface area contributed by atoms with Crippen LogP contribution in [0.4, 0.5) is 13.2 Å². The van der Waals surface area contributed by atoms with Gasteiger partial charge in [0.15, 0.2) is 9.84 Å². The van der Waals surface area contributed by atoms with Gasteiger partial charge >= 0.3 is 12.1 Å². The van der Waals surface area contributed by atoms with E-state index in [1.54, 1.807) is 43.6 Å². The molecule has 0 aliphatic rings. The van der Waals surface area contributed by atoms with Gasteiger partial charge in [-0.1, -0.05) is 30.3 Å². The quantitative estimate of drug-likeness (QED) is 0.214. The fraction of sp³-hybridized carbons (Fsp3) is 0.387. The van der Waals surface area contributed by atoms with Gasteiger partial charge in [-0.05, 0) is 73.2 Å². The number of hydrogen-bond donors (Lipinski definition) is 2. The van der Waals surface area contributed by atoms with E-state index in [1.165, 1.54) is 6.07 Å². The zero-order valence-electron chi connectivity index (χ0n) is 25.3. The predicted octanol–water partition coefficient (Wildman–Crippen LogP) is 5.00. The number of sulfonamides is 1. The first-order chi connectivity index (χ1) is 21.5. The number of nitrogens with zero attached hydrogens (tertiary/aromatic N) is 2. The van der Waals surface area contributed by atoms with Crippen molar-refractivity contribution < 1.29 is 44.7 Å². The Hall–Kier alpha value is -3.82. The second-order valence-corrected chi connectivity index (χ2v) is 14.9. The maximum atomic E-state index is 13.9. The third-order valence-corrected chi connectivity index (χ3v) is 11.0. The second-order valence-electron chi connectivity index (χ2n) is 10.7. The molecule has 2 N–H and O–H groups in total. The Morgan fingerprint density at radius 3 is 2.37 bits per heavy atom. The minimum atomic E-state index is -4.94.